The van der Waals surface area contributed by atoms with E-state index in [4.69, 9.17) is 9.26 Å². The molecule has 1 saturated heterocycles. The Hall–Kier alpha value is -2.82. The second kappa shape index (κ2) is 6.59. The van der Waals surface area contributed by atoms with Gasteiger partial charge in [0.2, 0.25) is 5.91 Å². The van der Waals surface area contributed by atoms with Crippen molar-refractivity contribution in [3.8, 4) is 5.75 Å². The maximum absolute atomic E-state index is 12.9. The first-order chi connectivity index (χ1) is 12.3. The topological polar surface area (TPSA) is 55.6 Å². The highest BCUT2D eigenvalue weighted by Crippen LogP contribution is 2.33. The highest BCUT2D eigenvalue weighted by molar-refractivity contribution is 5.86. The molecular weight excluding hydrogens is 316 g/mol. The molecule has 3 aromatic rings. The first-order valence-corrected chi connectivity index (χ1v) is 8.53. The second-order valence-corrected chi connectivity index (χ2v) is 6.32. The third-order valence-corrected chi connectivity index (χ3v) is 4.84. The van der Waals surface area contributed by atoms with Gasteiger partial charge in [-0.15, -0.1) is 0 Å². The van der Waals surface area contributed by atoms with Gasteiger partial charge >= 0.3 is 0 Å². The van der Waals surface area contributed by atoms with E-state index in [1.54, 1.807) is 7.11 Å². The van der Waals surface area contributed by atoms with Crippen molar-refractivity contribution < 1.29 is 14.1 Å². The van der Waals surface area contributed by atoms with Gasteiger partial charge in [-0.05, 0) is 42.7 Å². The normalized spacial score (nSPS) is 17.2. The second-order valence-electron chi connectivity index (χ2n) is 6.32. The Morgan fingerprint density at radius 1 is 1.24 bits per heavy atom. The number of para-hydroxylation sites is 1. The molecule has 0 spiro atoms. The minimum absolute atomic E-state index is 0.0948. The highest BCUT2D eigenvalue weighted by Gasteiger charge is 2.30. The molecule has 0 bridgehead atoms. The van der Waals surface area contributed by atoms with Crippen LogP contribution in [0.3, 0.4) is 0 Å². The lowest BCUT2D eigenvalue weighted by Gasteiger charge is -2.25. The molecule has 0 saturated carbocycles. The fourth-order valence-electron chi connectivity index (χ4n) is 3.55. The predicted octanol–water partition coefficient (Wildman–Crippen LogP) is 3.74. The van der Waals surface area contributed by atoms with Crippen LogP contribution in [0.15, 0.2) is 53.1 Å². The lowest BCUT2D eigenvalue weighted by molar-refractivity contribution is -0.131. The van der Waals surface area contributed by atoms with Crippen molar-refractivity contribution in [1.29, 1.82) is 0 Å². The minimum Gasteiger partial charge on any atom is -0.497 e. The summed E-state index contributed by atoms with van der Waals surface area (Å²) < 4.78 is 10.5. The Kier molecular flexibility index (Phi) is 4.14. The average Bonchev–Trinajstić information content (AvgIpc) is 3.29. The Morgan fingerprint density at radius 2 is 2.04 bits per heavy atom. The van der Waals surface area contributed by atoms with E-state index < -0.39 is 0 Å². The van der Waals surface area contributed by atoms with E-state index in [2.05, 4.69) is 5.16 Å². The molecule has 1 aromatic heterocycles. The van der Waals surface area contributed by atoms with Gasteiger partial charge in [-0.2, -0.15) is 0 Å². The molecule has 0 aliphatic carbocycles. The number of methoxy groups -OCH3 is 1. The summed E-state index contributed by atoms with van der Waals surface area (Å²) in [6.07, 6.45) is 2.27. The first kappa shape index (κ1) is 15.7. The zero-order valence-electron chi connectivity index (χ0n) is 14.1. The molecule has 2 heterocycles. The lowest BCUT2D eigenvalue weighted by atomic mass is 10.0. The van der Waals surface area contributed by atoms with Crippen LogP contribution < -0.4 is 4.74 Å². The number of carbonyl (C=O) groups is 1. The monoisotopic (exact) mass is 336 g/mol. The van der Waals surface area contributed by atoms with Gasteiger partial charge in [0.05, 0.1) is 19.6 Å². The van der Waals surface area contributed by atoms with Crippen molar-refractivity contribution in [3.63, 3.8) is 0 Å². The average molecular weight is 336 g/mol. The lowest BCUT2D eigenvalue weighted by Crippen LogP contribution is -2.31. The number of aromatic nitrogens is 1. The van der Waals surface area contributed by atoms with Crippen LogP contribution in [0.4, 0.5) is 0 Å². The zero-order chi connectivity index (χ0) is 17.2. The molecule has 2 aromatic carbocycles. The van der Waals surface area contributed by atoms with Crippen LogP contribution in [0.25, 0.3) is 11.0 Å². The molecule has 1 aliphatic heterocycles. The summed E-state index contributed by atoms with van der Waals surface area (Å²) in [5, 5.41) is 5.00. The maximum atomic E-state index is 12.9. The number of hydrogen-bond acceptors (Lipinski definition) is 4. The summed E-state index contributed by atoms with van der Waals surface area (Å²) in [5.74, 6) is 0.922. The first-order valence-electron chi connectivity index (χ1n) is 8.53. The molecule has 1 fully saturated rings. The number of fused-ring (bicyclic) bond motifs is 1. The number of ether oxygens (including phenoxy) is 1. The van der Waals surface area contributed by atoms with E-state index in [0.29, 0.717) is 5.69 Å². The third kappa shape index (κ3) is 2.97. The van der Waals surface area contributed by atoms with Gasteiger partial charge in [0, 0.05) is 11.9 Å². The van der Waals surface area contributed by atoms with Crippen molar-refractivity contribution in [2.75, 3.05) is 13.7 Å². The minimum atomic E-state index is 0.0948. The molecule has 0 N–H and O–H groups in total. The fraction of sp³-hybridized carbons (Fsp3) is 0.300. The molecule has 1 amide bonds. The summed E-state index contributed by atoms with van der Waals surface area (Å²) in [6.45, 7) is 0.783. The molecule has 25 heavy (non-hydrogen) atoms. The standard InChI is InChI=1S/C20H20N2O3/c1-24-15-10-8-14(9-11-15)18-6-4-12-22(18)20(23)13-17-16-5-2-3-7-19(16)25-21-17/h2-3,5,7-11,18H,4,6,12-13H2,1H3/t18-/m1/s1. The molecule has 128 valence electrons. The summed E-state index contributed by atoms with van der Waals surface area (Å²) in [7, 11) is 1.66. The smallest absolute Gasteiger partial charge is 0.229 e. The summed E-state index contributed by atoms with van der Waals surface area (Å²) in [4.78, 5) is 14.8. The van der Waals surface area contributed by atoms with E-state index in [0.717, 1.165) is 41.7 Å². The SMILES string of the molecule is COc1ccc([C@H]2CCCN2C(=O)Cc2noc3ccccc23)cc1. The van der Waals surface area contributed by atoms with Gasteiger partial charge in [0.25, 0.3) is 0 Å². The number of carbonyl (C=O) groups excluding carboxylic acids is 1. The molecule has 5 nitrogen and oxygen atoms in total. The van der Waals surface area contributed by atoms with Crippen LogP contribution >= 0.6 is 0 Å². The zero-order valence-corrected chi connectivity index (χ0v) is 14.1. The molecule has 0 unspecified atom stereocenters. The molecule has 1 atom stereocenters. The Labute approximate surface area is 146 Å². The summed E-state index contributed by atoms with van der Waals surface area (Å²) in [6, 6.07) is 15.7. The van der Waals surface area contributed by atoms with Crippen LogP contribution in [0.5, 0.6) is 5.75 Å². The van der Waals surface area contributed by atoms with Crippen LogP contribution in [0.2, 0.25) is 0 Å². The van der Waals surface area contributed by atoms with Gasteiger partial charge in [-0.1, -0.05) is 29.4 Å². The summed E-state index contributed by atoms with van der Waals surface area (Å²) in [5.41, 5.74) is 2.58. The number of rotatable bonds is 4. The van der Waals surface area contributed by atoms with Gasteiger partial charge < -0.3 is 14.2 Å². The molecule has 4 rings (SSSR count). The van der Waals surface area contributed by atoms with Gasteiger partial charge in [-0.3, -0.25) is 4.79 Å². The maximum Gasteiger partial charge on any atom is 0.229 e. The van der Waals surface area contributed by atoms with Gasteiger partial charge in [-0.25, -0.2) is 0 Å². The Bertz CT molecular complexity index is 885. The largest absolute Gasteiger partial charge is 0.497 e. The van der Waals surface area contributed by atoms with E-state index in [-0.39, 0.29) is 18.4 Å². The van der Waals surface area contributed by atoms with Crippen LogP contribution in [0.1, 0.15) is 30.1 Å². The van der Waals surface area contributed by atoms with Crippen LogP contribution in [-0.4, -0.2) is 29.6 Å². The van der Waals surface area contributed by atoms with Crippen molar-refractivity contribution >= 4 is 16.9 Å². The number of amides is 1. The number of likely N-dealkylation sites (tertiary alicyclic amines) is 1. The molecule has 1 aliphatic rings. The third-order valence-electron chi connectivity index (χ3n) is 4.84. The van der Waals surface area contributed by atoms with Crippen molar-refractivity contribution in [2.24, 2.45) is 0 Å². The molecule has 5 heteroatoms. The van der Waals surface area contributed by atoms with Crippen molar-refractivity contribution in [2.45, 2.75) is 25.3 Å². The predicted molar refractivity (Wildman–Crippen MR) is 94.4 cm³/mol. The van der Waals surface area contributed by atoms with E-state index in [9.17, 15) is 4.79 Å². The van der Waals surface area contributed by atoms with E-state index in [1.807, 2.05) is 53.4 Å². The molecule has 0 radical (unpaired) electrons. The quantitative estimate of drug-likeness (QED) is 0.728. The van der Waals surface area contributed by atoms with Crippen LogP contribution in [-0.2, 0) is 11.2 Å². The fourth-order valence-corrected chi connectivity index (χ4v) is 3.55. The Balaban J connectivity index is 1.54. The molecular formula is C20H20N2O3. The van der Waals surface area contributed by atoms with E-state index >= 15 is 0 Å². The summed E-state index contributed by atoms with van der Waals surface area (Å²) >= 11 is 0. The number of benzene rings is 2. The van der Waals surface area contributed by atoms with Gasteiger partial charge in [0.15, 0.2) is 5.58 Å². The van der Waals surface area contributed by atoms with E-state index in [1.165, 1.54) is 0 Å². The number of hydrogen-bond donors (Lipinski definition) is 0. The highest BCUT2D eigenvalue weighted by atomic mass is 16.5. The van der Waals surface area contributed by atoms with Gasteiger partial charge in [0.1, 0.15) is 11.4 Å². The van der Waals surface area contributed by atoms with Crippen molar-refractivity contribution in [3.05, 3.63) is 59.8 Å². The van der Waals surface area contributed by atoms with Crippen molar-refractivity contribution in [1.82, 2.24) is 10.1 Å². The number of nitrogens with zero attached hydrogens (tertiary/aromatic N) is 2. The van der Waals surface area contributed by atoms with Crippen LogP contribution in [0, 0.1) is 0 Å². The Morgan fingerprint density at radius 3 is 2.84 bits per heavy atom.